The molecule has 1 saturated heterocycles. The van der Waals surface area contributed by atoms with E-state index in [1.165, 1.54) is 16.7 Å². The maximum atomic E-state index is 6.08. The maximum Gasteiger partial charge on any atom is 0.194 e. The minimum atomic E-state index is 0. The summed E-state index contributed by atoms with van der Waals surface area (Å²) < 4.78 is 8.05. The first-order valence-electron chi connectivity index (χ1n) is 9.67. The largest absolute Gasteiger partial charge is 0.370 e. The Morgan fingerprint density at radius 1 is 1.34 bits per heavy atom. The molecule has 1 unspecified atom stereocenters. The third kappa shape index (κ3) is 5.79. The standard InChI is InChI=1S/C21H30N6O.HI/c1-6-9-22-21(23-13-20-25-24-17(4)26(20)5)27-10-11-28-19(14-27)18-8-7-15(2)12-16(18)3;/h6-8,12,19H,1,9-11,13-14H2,2-5H3,(H,22,23);1H. The molecule has 158 valence electrons. The van der Waals surface area contributed by atoms with Gasteiger partial charge in [-0.25, -0.2) is 4.99 Å². The van der Waals surface area contributed by atoms with Gasteiger partial charge in [0, 0.05) is 20.1 Å². The summed E-state index contributed by atoms with van der Waals surface area (Å²) >= 11 is 0. The van der Waals surface area contributed by atoms with E-state index >= 15 is 0 Å². The third-order valence-corrected chi connectivity index (χ3v) is 5.10. The molecule has 1 N–H and O–H groups in total. The van der Waals surface area contributed by atoms with Crippen LogP contribution in [0.5, 0.6) is 0 Å². The molecule has 0 spiro atoms. The van der Waals surface area contributed by atoms with Crippen LogP contribution in [0.2, 0.25) is 0 Å². The molecule has 0 aliphatic carbocycles. The molecule has 1 aliphatic rings. The van der Waals surface area contributed by atoms with Crippen LogP contribution in [0.25, 0.3) is 0 Å². The first-order valence-corrected chi connectivity index (χ1v) is 9.67. The van der Waals surface area contributed by atoms with Gasteiger partial charge in [0.05, 0.1) is 13.2 Å². The van der Waals surface area contributed by atoms with Gasteiger partial charge in [0.2, 0.25) is 0 Å². The Hall–Kier alpha value is -1.94. The van der Waals surface area contributed by atoms with Crippen molar-refractivity contribution in [2.75, 3.05) is 26.2 Å². The first-order chi connectivity index (χ1) is 13.5. The predicted octanol–water partition coefficient (Wildman–Crippen LogP) is 3.06. The average molecular weight is 510 g/mol. The number of morpholine rings is 1. The fourth-order valence-corrected chi connectivity index (χ4v) is 3.38. The second kappa shape index (κ2) is 10.7. The Balaban J connectivity index is 0.00000300. The number of nitrogens with zero attached hydrogens (tertiary/aromatic N) is 5. The quantitative estimate of drug-likeness (QED) is 0.290. The lowest BCUT2D eigenvalue weighted by atomic mass is 10.00. The van der Waals surface area contributed by atoms with Gasteiger partial charge >= 0.3 is 0 Å². The second-order valence-corrected chi connectivity index (χ2v) is 7.20. The second-order valence-electron chi connectivity index (χ2n) is 7.20. The number of aromatic nitrogens is 3. The van der Waals surface area contributed by atoms with Gasteiger partial charge in [-0.2, -0.15) is 0 Å². The number of hydrogen-bond donors (Lipinski definition) is 1. The number of aliphatic imine (C=N–C) groups is 1. The normalized spacial score (nSPS) is 17.0. The molecule has 1 aromatic heterocycles. The summed E-state index contributed by atoms with van der Waals surface area (Å²) in [7, 11) is 1.96. The Morgan fingerprint density at radius 3 is 2.79 bits per heavy atom. The molecule has 1 aliphatic heterocycles. The Labute approximate surface area is 190 Å². The lowest BCUT2D eigenvalue weighted by Crippen LogP contribution is -2.48. The van der Waals surface area contributed by atoms with E-state index in [9.17, 15) is 0 Å². The number of benzene rings is 1. The van der Waals surface area contributed by atoms with Gasteiger partial charge in [-0.1, -0.05) is 29.8 Å². The average Bonchev–Trinajstić information content (AvgIpc) is 3.00. The highest BCUT2D eigenvalue weighted by molar-refractivity contribution is 14.0. The van der Waals surface area contributed by atoms with Crippen molar-refractivity contribution in [3.63, 3.8) is 0 Å². The molecule has 1 fully saturated rings. The number of aryl methyl sites for hydroxylation is 3. The summed E-state index contributed by atoms with van der Waals surface area (Å²) in [5.41, 5.74) is 3.77. The fourth-order valence-electron chi connectivity index (χ4n) is 3.38. The molecule has 2 heterocycles. The summed E-state index contributed by atoms with van der Waals surface area (Å²) in [6.45, 7) is 13.3. The molecule has 1 aromatic carbocycles. The van der Waals surface area contributed by atoms with Crippen molar-refractivity contribution in [2.24, 2.45) is 12.0 Å². The monoisotopic (exact) mass is 510 g/mol. The van der Waals surface area contributed by atoms with Gasteiger partial charge in [-0.15, -0.1) is 40.8 Å². The molecule has 0 radical (unpaired) electrons. The molecule has 3 rings (SSSR count). The molecule has 0 saturated carbocycles. The zero-order chi connectivity index (χ0) is 20.1. The van der Waals surface area contributed by atoms with E-state index in [2.05, 4.69) is 59.0 Å². The van der Waals surface area contributed by atoms with E-state index in [0.717, 1.165) is 30.7 Å². The van der Waals surface area contributed by atoms with E-state index in [-0.39, 0.29) is 30.1 Å². The van der Waals surface area contributed by atoms with E-state index in [0.29, 0.717) is 19.7 Å². The number of ether oxygens (including phenoxy) is 1. The maximum absolute atomic E-state index is 6.08. The van der Waals surface area contributed by atoms with Gasteiger partial charge in [-0.3, -0.25) is 0 Å². The zero-order valence-corrected chi connectivity index (χ0v) is 20.0. The van der Waals surface area contributed by atoms with Crippen molar-refractivity contribution >= 4 is 29.9 Å². The van der Waals surface area contributed by atoms with Crippen molar-refractivity contribution in [1.82, 2.24) is 25.0 Å². The van der Waals surface area contributed by atoms with Crippen molar-refractivity contribution in [3.05, 3.63) is 59.2 Å². The fraction of sp³-hybridized carbons (Fsp3) is 0.476. The molecule has 29 heavy (non-hydrogen) atoms. The molecule has 7 nitrogen and oxygen atoms in total. The highest BCUT2D eigenvalue weighted by atomic mass is 127. The topological polar surface area (TPSA) is 67.6 Å². The molecule has 8 heteroatoms. The van der Waals surface area contributed by atoms with Gasteiger partial charge < -0.3 is 19.5 Å². The molecular weight excluding hydrogens is 479 g/mol. The summed E-state index contributed by atoms with van der Waals surface area (Å²) in [5.74, 6) is 2.57. The van der Waals surface area contributed by atoms with Crippen molar-refractivity contribution in [1.29, 1.82) is 0 Å². The summed E-state index contributed by atoms with van der Waals surface area (Å²) in [5, 5.41) is 11.7. The van der Waals surface area contributed by atoms with Gasteiger partial charge in [0.15, 0.2) is 11.8 Å². The predicted molar refractivity (Wildman–Crippen MR) is 127 cm³/mol. The lowest BCUT2D eigenvalue weighted by Gasteiger charge is -2.36. The number of halogens is 1. The molecular formula is C21H31IN6O. The zero-order valence-electron chi connectivity index (χ0n) is 17.7. The number of rotatable bonds is 5. The lowest BCUT2D eigenvalue weighted by molar-refractivity contribution is -0.00832. The van der Waals surface area contributed by atoms with Crippen LogP contribution in [0.3, 0.4) is 0 Å². The molecule has 0 bridgehead atoms. The van der Waals surface area contributed by atoms with E-state index < -0.39 is 0 Å². The van der Waals surface area contributed by atoms with Crippen LogP contribution in [0, 0.1) is 20.8 Å². The smallest absolute Gasteiger partial charge is 0.194 e. The molecule has 2 aromatic rings. The van der Waals surface area contributed by atoms with Gasteiger partial charge in [-0.05, 0) is 31.9 Å². The third-order valence-electron chi connectivity index (χ3n) is 5.10. The minimum absolute atomic E-state index is 0. The molecule has 1 atom stereocenters. The summed E-state index contributed by atoms with van der Waals surface area (Å²) in [4.78, 5) is 7.05. The summed E-state index contributed by atoms with van der Waals surface area (Å²) in [6, 6.07) is 6.53. The van der Waals surface area contributed by atoms with E-state index in [4.69, 9.17) is 9.73 Å². The Morgan fingerprint density at radius 2 is 2.14 bits per heavy atom. The first kappa shape index (κ1) is 23.3. The minimum Gasteiger partial charge on any atom is -0.370 e. The van der Waals surface area contributed by atoms with Crippen LogP contribution in [0.15, 0.2) is 35.8 Å². The van der Waals surface area contributed by atoms with Gasteiger partial charge in [0.1, 0.15) is 18.5 Å². The van der Waals surface area contributed by atoms with Crippen LogP contribution >= 0.6 is 24.0 Å². The van der Waals surface area contributed by atoms with Crippen LogP contribution in [-0.2, 0) is 18.3 Å². The van der Waals surface area contributed by atoms with Crippen molar-refractivity contribution < 1.29 is 4.74 Å². The van der Waals surface area contributed by atoms with Crippen LogP contribution in [0.4, 0.5) is 0 Å². The summed E-state index contributed by atoms with van der Waals surface area (Å²) in [6.07, 6.45) is 1.87. The SMILES string of the molecule is C=CCNC(=NCc1nnc(C)n1C)N1CCOC(c2ccc(C)cc2C)C1.I. The van der Waals surface area contributed by atoms with Crippen LogP contribution in [0.1, 0.15) is 34.4 Å². The molecule has 0 amide bonds. The van der Waals surface area contributed by atoms with Crippen LogP contribution in [-0.4, -0.2) is 51.9 Å². The Bertz CT molecular complexity index is 863. The number of nitrogens with one attached hydrogen (secondary N) is 1. The number of hydrogen-bond acceptors (Lipinski definition) is 4. The van der Waals surface area contributed by atoms with Crippen molar-refractivity contribution in [3.8, 4) is 0 Å². The van der Waals surface area contributed by atoms with Crippen molar-refractivity contribution in [2.45, 2.75) is 33.4 Å². The van der Waals surface area contributed by atoms with E-state index in [1.807, 2.05) is 24.6 Å². The highest BCUT2D eigenvalue weighted by Gasteiger charge is 2.25. The van der Waals surface area contributed by atoms with Gasteiger partial charge in [0.25, 0.3) is 0 Å². The highest BCUT2D eigenvalue weighted by Crippen LogP contribution is 2.26. The Kier molecular flexibility index (Phi) is 8.63. The number of guanidine groups is 1. The van der Waals surface area contributed by atoms with Crippen LogP contribution < -0.4 is 5.32 Å². The van der Waals surface area contributed by atoms with E-state index in [1.54, 1.807) is 0 Å².